The van der Waals surface area contributed by atoms with Crippen molar-refractivity contribution in [2.75, 3.05) is 0 Å². The largest absolute Gasteiger partial charge is 0.344 e. The highest BCUT2D eigenvalue weighted by molar-refractivity contribution is 6.38. The van der Waals surface area contributed by atoms with Crippen molar-refractivity contribution in [2.24, 2.45) is 5.92 Å². The fraction of sp³-hybridized carbons (Fsp3) is 0.364. The number of hydrogen-bond donors (Lipinski definition) is 2. The Kier molecular flexibility index (Phi) is 9.23. The lowest BCUT2D eigenvalue weighted by molar-refractivity contribution is -0.149. The molecule has 1 fully saturated rings. The van der Waals surface area contributed by atoms with E-state index in [-0.39, 0.29) is 57.5 Å². The first-order chi connectivity index (χ1) is 20.7. The van der Waals surface area contributed by atoms with Crippen molar-refractivity contribution in [1.82, 2.24) is 20.5 Å². The van der Waals surface area contributed by atoms with Gasteiger partial charge in [-0.05, 0) is 41.7 Å². The van der Waals surface area contributed by atoms with Crippen LogP contribution < -0.4 is 10.6 Å². The number of hydrogen-bond acceptors (Lipinski definition) is 5. The lowest BCUT2D eigenvalue weighted by Crippen LogP contribution is -2.58. The van der Waals surface area contributed by atoms with Gasteiger partial charge in [0.1, 0.15) is 12.1 Å². The minimum atomic E-state index is -2.79. The molecular weight excluding hydrogens is 554 g/mol. The van der Waals surface area contributed by atoms with Crippen LogP contribution in [0.4, 0.5) is 8.78 Å². The topological polar surface area (TPSA) is 108 Å². The third kappa shape index (κ3) is 7.49. The van der Waals surface area contributed by atoms with Gasteiger partial charge in [-0.2, -0.15) is 0 Å². The van der Waals surface area contributed by atoms with Crippen molar-refractivity contribution >= 4 is 23.5 Å². The van der Waals surface area contributed by atoms with Gasteiger partial charge in [-0.15, -0.1) is 0 Å². The SMILES string of the molecule is O=C(NCc1ccccn1)C(=O)[C@@H](Cc1ccccc1)NC(=O)[C@H]1Cc2ccccc2CN1C(=O)C1CCC(F)(F)CC1. The Morgan fingerprint density at radius 2 is 1.58 bits per heavy atom. The number of benzene rings is 2. The van der Waals surface area contributed by atoms with Gasteiger partial charge in [-0.3, -0.25) is 24.2 Å². The predicted octanol–water partition coefficient (Wildman–Crippen LogP) is 3.77. The zero-order valence-corrected chi connectivity index (χ0v) is 23.7. The van der Waals surface area contributed by atoms with Gasteiger partial charge in [0.05, 0.1) is 12.2 Å². The molecule has 8 nitrogen and oxygen atoms in total. The fourth-order valence-electron chi connectivity index (χ4n) is 5.76. The average Bonchev–Trinajstić information content (AvgIpc) is 3.03. The predicted molar refractivity (Wildman–Crippen MR) is 155 cm³/mol. The molecule has 2 N–H and O–H groups in total. The van der Waals surface area contributed by atoms with Gasteiger partial charge >= 0.3 is 0 Å². The van der Waals surface area contributed by atoms with Crippen LogP contribution in [0.15, 0.2) is 79.0 Å². The summed E-state index contributed by atoms with van der Waals surface area (Å²) in [5.74, 6) is -6.00. The number of aromatic nitrogens is 1. The van der Waals surface area contributed by atoms with Crippen molar-refractivity contribution in [3.63, 3.8) is 0 Å². The van der Waals surface area contributed by atoms with Gasteiger partial charge in [0.25, 0.3) is 5.91 Å². The summed E-state index contributed by atoms with van der Waals surface area (Å²) in [6, 6.07) is 19.5. The third-order valence-corrected chi connectivity index (χ3v) is 8.20. The van der Waals surface area contributed by atoms with E-state index in [1.54, 1.807) is 48.7 Å². The number of amides is 3. The van der Waals surface area contributed by atoms with Gasteiger partial charge in [0.2, 0.25) is 23.5 Å². The van der Waals surface area contributed by atoms with Crippen LogP contribution in [0.25, 0.3) is 0 Å². The highest BCUT2D eigenvalue weighted by Gasteiger charge is 2.43. The number of alkyl halides is 2. The van der Waals surface area contributed by atoms with Crippen molar-refractivity contribution < 1.29 is 28.0 Å². The van der Waals surface area contributed by atoms with Gasteiger partial charge in [0.15, 0.2) is 0 Å². The number of pyridine rings is 1. The first kappa shape index (κ1) is 30.0. The van der Waals surface area contributed by atoms with Crippen LogP contribution in [-0.2, 0) is 45.1 Å². The summed E-state index contributed by atoms with van der Waals surface area (Å²) in [4.78, 5) is 59.5. The number of fused-ring (bicyclic) bond motifs is 1. The molecule has 2 atom stereocenters. The molecule has 1 saturated carbocycles. The summed E-state index contributed by atoms with van der Waals surface area (Å²) in [5.41, 5.74) is 3.08. The van der Waals surface area contributed by atoms with Crippen molar-refractivity contribution in [3.8, 4) is 0 Å². The molecule has 1 aliphatic heterocycles. The molecule has 2 aromatic carbocycles. The highest BCUT2D eigenvalue weighted by Crippen LogP contribution is 2.38. The van der Waals surface area contributed by atoms with Crippen LogP contribution >= 0.6 is 0 Å². The molecule has 3 amide bonds. The summed E-state index contributed by atoms with van der Waals surface area (Å²) in [6.45, 7) is 0.196. The van der Waals surface area contributed by atoms with E-state index < -0.39 is 41.5 Å². The number of nitrogens with zero attached hydrogens (tertiary/aromatic N) is 2. The second kappa shape index (κ2) is 13.2. The average molecular weight is 589 g/mol. The summed E-state index contributed by atoms with van der Waals surface area (Å²) >= 11 is 0. The molecule has 1 aromatic heterocycles. The van der Waals surface area contributed by atoms with Gasteiger partial charge in [-0.25, -0.2) is 8.78 Å². The van der Waals surface area contributed by atoms with Crippen molar-refractivity contribution in [3.05, 3.63) is 101 Å². The van der Waals surface area contributed by atoms with E-state index in [0.29, 0.717) is 5.69 Å². The van der Waals surface area contributed by atoms with Crippen LogP contribution in [-0.4, -0.2) is 51.4 Å². The normalized spacial score (nSPS) is 18.7. The molecule has 10 heteroatoms. The Hall–Kier alpha value is -4.47. The van der Waals surface area contributed by atoms with Gasteiger partial charge in [-0.1, -0.05) is 60.7 Å². The molecule has 0 bridgehead atoms. The first-order valence-corrected chi connectivity index (χ1v) is 14.5. The summed E-state index contributed by atoms with van der Waals surface area (Å²) in [6.07, 6.45) is 1.20. The second-order valence-electron chi connectivity index (χ2n) is 11.2. The van der Waals surface area contributed by atoms with Crippen molar-refractivity contribution in [1.29, 1.82) is 0 Å². The third-order valence-electron chi connectivity index (χ3n) is 8.20. The molecule has 0 spiro atoms. The number of Topliss-reactive ketones (excluding diaryl/α,β-unsaturated/α-hetero) is 1. The Balaban J connectivity index is 1.36. The maximum atomic E-state index is 13.9. The Morgan fingerprint density at radius 1 is 0.907 bits per heavy atom. The van der Waals surface area contributed by atoms with Crippen LogP contribution in [0.5, 0.6) is 0 Å². The number of ketones is 1. The monoisotopic (exact) mass is 588 g/mol. The van der Waals surface area contributed by atoms with E-state index >= 15 is 0 Å². The van der Waals surface area contributed by atoms with Gasteiger partial charge < -0.3 is 15.5 Å². The van der Waals surface area contributed by atoms with Gasteiger partial charge in [0, 0.05) is 44.3 Å². The van der Waals surface area contributed by atoms with E-state index in [9.17, 15) is 28.0 Å². The molecule has 5 rings (SSSR count). The Bertz CT molecular complexity index is 1460. The lowest BCUT2D eigenvalue weighted by Gasteiger charge is -2.39. The molecule has 1 aliphatic carbocycles. The molecule has 224 valence electrons. The van der Waals surface area contributed by atoms with E-state index in [1.807, 2.05) is 30.3 Å². The maximum absolute atomic E-state index is 13.9. The number of rotatable bonds is 9. The van der Waals surface area contributed by atoms with Crippen LogP contribution in [0.2, 0.25) is 0 Å². The second-order valence-corrected chi connectivity index (χ2v) is 11.2. The molecule has 0 unspecified atom stereocenters. The fourth-order valence-corrected chi connectivity index (χ4v) is 5.76. The smallest absolute Gasteiger partial charge is 0.289 e. The van der Waals surface area contributed by atoms with Crippen LogP contribution in [0.1, 0.15) is 48.1 Å². The zero-order valence-electron chi connectivity index (χ0n) is 23.7. The molecule has 2 heterocycles. The minimum absolute atomic E-state index is 0.0412. The van der Waals surface area contributed by atoms with E-state index in [1.165, 1.54) is 4.90 Å². The summed E-state index contributed by atoms with van der Waals surface area (Å²) in [5, 5.41) is 5.35. The molecule has 2 aliphatic rings. The number of halogens is 2. The summed E-state index contributed by atoms with van der Waals surface area (Å²) in [7, 11) is 0. The quantitative estimate of drug-likeness (QED) is 0.370. The van der Waals surface area contributed by atoms with Crippen LogP contribution in [0, 0.1) is 5.92 Å². The number of carbonyl (C=O) groups is 4. The van der Waals surface area contributed by atoms with Crippen molar-refractivity contribution in [2.45, 2.75) is 69.6 Å². The lowest BCUT2D eigenvalue weighted by atomic mass is 9.84. The van der Waals surface area contributed by atoms with E-state index in [2.05, 4.69) is 15.6 Å². The van der Waals surface area contributed by atoms with Crippen LogP contribution in [0.3, 0.4) is 0 Å². The molecular formula is C33H34F2N4O4. The first-order valence-electron chi connectivity index (χ1n) is 14.5. The number of nitrogens with one attached hydrogen (secondary N) is 2. The molecule has 3 aromatic rings. The minimum Gasteiger partial charge on any atom is -0.344 e. The highest BCUT2D eigenvalue weighted by atomic mass is 19.3. The molecule has 43 heavy (non-hydrogen) atoms. The van der Waals surface area contributed by atoms with E-state index in [4.69, 9.17) is 0 Å². The maximum Gasteiger partial charge on any atom is 0.289 e. The number of carbonyl (C=O) groups excluding carboxylic acids is 4. The standard InChI is InChI=1S/C33H34F2N4O4/c34-33(35)15-13-23(14-16-33)32(43)39-21-25-11-5-4-10-24(25)19-28(39)30(41)38-27(18-22-8-2-1-3-9-22)29(40)31(42)37-20-26-12-6-7-17-36-26/h1-12,17,23,27-28H,13-16,18-21H2,(H,37,42)(H,38,41)/t27-,28-/m1/s1. The zero-order chi connectivity index (χ0) is 30.4. The Morgan fingerprint density at radius 3 is 2.28 bits per heavy atom. The Labute approximate surface area is 248 Å². The molecule has 0 radical (unpaired) electrons. The summed E-state index contributed by atoms with van der Waals surface area (Å²) < 4.78 is 27.7. The molecule has 0 saturated heterocycles. The van der Waals surface area contributed by atoms with E-state index in [0.717, 1.165) is 16.7 Å².